The molecule has 5 fully saturated rings. The van der Waals surface area contributed by atoms with Gasteiger partial charge in [-0.1, -0.05) is 0 Å². The maximum atomic E-state index is 12.1. The molecule has 0 unspecified atom stereocenters. The highest BCUT2D eigenvalue weighted by molar-refractivity contribution is 5.73. The molecule has 1 amide bonds. The van der Waals surface area contributed by atoms with Gasteiger partial charge in [0, 0.05) is 6.92 Å². The van der Waals surface area contributed by atoms with Crippen LogP contribution in [0.25, 0.3) is 0 Å². The molecular formula is C38H67NO31. The van der Waals surface area contributed by atoms with Crippen molar-refractivity contribution < 1.29 is 154 Å². The molecule has 0 aromatic carbocycles. The van der Waals surface area contributed by atoms with Crippen LogP contribution in [0.2, 0.25) is 0 Å². The molecule has 5 rings (SSSR count). The number of hydrogen-bond acceptors (Lipinski definition) is 31. The zero-order chi connectivity index (χ0) is 52.0. The number of amides is 1. The summed E-state index contributed by atoms with van der Waals surface area (Å²) in [5, 5.41) is 213. The number of nitrogens with one attached hydrogen (secondary N) is 1. The van der Waals surface area contributed by atoms with E-state index < -0.39 is 230 Å². The molecule has 5 aliphatic rings. The predicted molar refractivity (Wildman–Crippen MR) is 213 cm³/mol. The highest BCUT2D eigenvalue weighted by Crippen LogP contribution is 2.36. The van der Waals surface area contributed by atoms with E-state index in [1.807, 2.05) is 0 Å². The van der Waals surface area contributed by atoms with Gasteiger partial charge in [0.15, 0.2) is 31.5 Å². The fourth-order valence-electron chi connectivity index (χ4n) is 8.41. The van der Waals surface area contributed by atoms with Crippen LogP contribution in [0, 0.1) is 0 Å². The predicted octanol–water partition coefficient (Wildman–Crippen LogP) is -14.3. The van der Waals surface area contributed by atoms with Crippen molar-refractivity contribution in [3.8, 4) is 0 Å². The topological polar surface area (TPSA) is 526 Å². The van der Waals surface area contributed by atoms with E-state index in [1.54, 1.807) is 0 Å². The van der Waals surface area contributed by atoms with Crippen molar-refractivity contribution in [1.82, 2.24) is 5.32 Å². The quantitative estimate of drug-likeness (QED) is 0.0452. The molecule has 21 N–H and O–H groups in total. The number of aliphatic hydroxyl groups excluding tert-OH is 20. The number of rotatable bonds is 23. The van der Waals surface area contributed by atoms with E-state index in [1.165, 1.54) is 0 Å². The van der Waals surface area contributed by atoms with Crippen LogP contribution >= 0.6 is 0 Å². The summed E-state index contributed by atoms with van der Waals surface area (Å²) in [6.07, 6.45) is -55.6. The molecule has 0 radical (unpaired) electrons. The Bertz CT molecular complexity index is 1580. The lowest BCUT2D eigenvalue weighted by atomic mass is 9.96. The maximum absolute atomic E-state index is 12.1. The van der Waals surface area contributed by atoms with Crippen LogP contribution in [0.1, 0.15) is 6.92 Å². The first-order valence-corrected chi connectivity index (χ1v) is 22.0. The average Bonchev–Trinajstić information content (AvgIpc) is 3.81. The molecule has 0 bridgehead atoms. The maximum Gasteiger partial charge on any atom is 0.217 e. The van der Waals surface area contributed by atoms with E-state index in [-0.39, 0.29) is 0 Å². The second-order valence-electron chi connectivity index (χ2n) is 17.3. The van der Waals surface area contributed by atoms with Gasteiger partial charge in [-0.25, -0.2) is 0 Å². The first-order valence-electron chi connectivity index (χ1n) is 22.0. The van der Waals surface area contributed by atoms with Gasteiger partial charge in [0.25, 0.3) is 0 Å². The van der Waals surface area contributed by atoms with Crippen LogP contribution in [0.3, 0.4) is 0 Å². The Labute approximate surface area is 396 Å². The van der Waals surface area contributed by atoms with Crippen molar-refractivity contribution in [2.45, 2.75) is 185 Å². The van der Waals surface area contributed by atoms with E-state index in [0.717, 1.165) is 6.92 Å². The van der Waals surface area contributed by atoms with E-state index in [0.29, 0.717) is 0 Å². The van der Waals surface area contributed by atoms with Gasteiger partial charge in [0.05, 0.1) is 52.3 Å². The van der Waals surface area contributed by atoms with Crippen LogP contribution < -0.4 is 5.32 Å². The number of carbonyl (C=O) groups is 1. The molecule has 70 heavy (non-hydrogen) atoms. The van der Waals surface area contributed by atoms with Crippen LogP contribution in [0.5, 0.6) is 0 Å². The average molecular weight is 1030 g/mol. The van der Waals surface area contributed by atoms with Crippen LogP contribution in [-0.2, 0) is 52.2 Å². The van der Waals surface area contributed by atoms with Crippen LogP contribution in [0.4, 0.5) is 0 Å². The lowest BCUT2D eigenvalue weighted by Gasteiger charge is -2.49. The second kappa shape index (κ2) is 26.2. The Kier molecular flexibility index (Phi) is 22.1. The Morgan fingerprint density at radius 2 is 0.914 bits per heavy atom. The summed E-state index contributed by atoms with van der Waals surface area (Å²) < 4.78 is 56.8. The van der Waals surface area contributed by atoms with Gasteiger partial charge in [-0.2, -0.15) is 0 Å². The van der Waals surface area contributed by atoms with Gasteiger partial charge >= 0.3 is 0 Å². The fraction of sp³-hybridized carbons (Fsp3) is 0.974. The fourth-order valence-corrected chi connectivity index (χ4v) is 8.41. The minimum atomic E-state index is -2.29. The van der Waals surface area contributed by atoms with Crippen molar-refractivity contribution in [2.24, 2.45) is 0 Å². The third-order valence-electron chi connectivity index (χ3n) is 12.4. The van der Waals surface area contributed by atoms with Crippen molar-refractivity contribution in [3.63, 3.8) is 0 Å². The third kappa shape index (κ3) is 13.0. The van der Waals surface area contributed by atoms with Crippen molar-refractivity contribution in [2.75, 3.05) is 46.2 Å². The van der Waals surface area contributed by atoms with Gasteiger partial charge in [-0.05, 0) is 0 Å². The van der Waals surface area contributed by atoms with Gasteiger partial charge in [-0.3, -0.25) is 4.79 Å². The number of aliphatic hydroxyl groups is 20. The molecule has 5 aliphatic heterocycles. The molecule has 0 aliphatic carbocycles. The molecule has 29 atom stereocenters. The summed E-state index contributed by atoms with van der Waals surface area (Å²) in [6, 6.07) is -1.71. The molecule has 0 saturated carbocycles. The smallest absolute Gasteiger partial charge is 0.217 e. The Balaban J connectivity index is 1.49. The van der Waals surface area contributed by atoms with Crippen molar-refractivity contribution in [1.29, 1.82) is 0 Å². The summed E-state index contributed by atoms with van der Waals surface area (Å²) in [6.45, 7) is -6.24. The van der Waals surface area contributed by atoms with Gasteiger partial charge in [0.1, 0.15) is 140 Å². The van der Waals surface area contributed by atoms with Gasteiger partial charge < -0.3 is 155 Å². The second-order valence-corrected chi connectivity index (χ2v) is 17.3. The molecule has 32 heteroatoms. The van der Waals surface area contributed by atoms with Crippen LogP contribution in [0.15, 0.2) is 0 Å². The number of hydrogen-bond donors (Lipinski definition) is 21. The summed E-state index contributed by atoms with van der Waals surface area (Å²) in [5.74, 6) is -0.837. The zero-order valence-corrected chi connectivity index (χ0v) is 37.1. The Morgan fingerprint density at radius 3 is 1.40 bits per heavy atom. The summed E-state index contributed by atoms with van der Waals surface area (Å²) >= 11 is 0. The van der Waals surface area contributed by atoms with Gasteiger partial charge in [-0.15, -0.1) is 0 Å². The monoisotopic (exact) mass is 1030 g/mol. The largest absolute Gasteiger partial charge is 0.394 e. The lowest BCUT2D eigenvalue weighted by molar-refractivity contribution is -0.393. The molecule has 0 spiro atoms. The summed E-state index contributed by atoms with van der Waals surface area (Å²) in [7, 11) is 0. The third-order valence-corrected chi connectivity index (χ3v) is 12.4. The zero-order valence-electron chi connectivity index (χ0n) is 37.1. The minimum absolute atomic E-state index is 0.837. The molecule has 0 aromatic rings. The standard InChI is InChI=1S/C38H67NO31/c1-9(46)39-10(2-40)17(50)30(67-38-32(27(60)29(66-38)12(48)4-42)69-36-26(59)23(56)28(65-36)11(47)3-41)13(49)8-61-37-33(70-35-25(58)22(55)19(52)15(6-44)63-35)31(20(53)16(7-45)64-37)68-34-24(57)21(54)18(51)14(5-43)62-34/h10-38,40-45,47-60H,2-8H2,1H3,(H,39,46)/t10-,11+,12+,13+,14+,15+,16+,17+,18-,19-,20-,21-,22-,23+,24+,25+,26+,27-,28-,29-,30+,31-,32+,33+,34-,35-,36-,37+,38-/m0/s1. The number of carbonyl (C=O) groups excluding carboxylic acids is 1. The van der Waals surface area contributed by atoms with Gasteiger partial charge in [0.2, 0.25) is 5.91 Å². The van der Waals surface area contributed by atoms with E-state index in [9.17, 15) is 107 Å². The molecular weight excluding hydrogens is 966 g/mol. The molecule has 5 saturated heterocycles. The van der Waals surface area contributed by atoms with E-state index in [4.69, 9.17) is 47.4 Å². The Hall–Kier alpha value is -1.73. The molecule has 0 aromatic heterocycles. The first-order chi connectivity index (χ1) is 33.1. The van der Waals surface area contributed by atoms with Crippen LogP contribution in [-0.4, -0.2) is 332 Å². The summed E-state index contributed by atoms with van der Waals surface area (Å²) in [4.78, 5) is 12.1. The van der Waals surface area contributed by atoms with E-state index in [2.05, 4.69) is 5.32 Å². The van der Waals surface area contributed by atoms with E-state index >= 15 is 0 Å². The molecule has 32 nitrogen and oxygen atoms in total. The van der Waals surface area contributed by atoms with Crippen molar-refractivity contribution in [3.05, 3.63) is 0 Å². The highest BCUT2D eigenvalue weighted by atomic mass is 16.8. The minimum Gasteiger partial charge on any atom is -0.394 e. The normalized spacial score (nSPS) is 45.2. The first kappa shape index (κ1) is 59.2. The SMILES string of the molecule is CC(=O)N[C@@H](CO)[C@@H](O)[C@H](O[C@@H]1O[C@@H]([C@H](O)CO)[C@H](O)[C@H]1O[C@@H]1O[C@@H]([C@H](O)CO)[C@H](O)[C@H]1O)[C@H](O)CO[C@@H]1O[C@H](CO)[C@H](O)[C@H](O[C@@H]2O[C@H](CO)[C@H](O)[C@H](O)[C@H]2O)[C@H]1O[C@@H]1O[C@H](CO)[C@H](O)[C@H](O)[C@H]1O. The number of ether oxygens (including phenoxy) is 10. The summed E-state index contributed by atoms with van der Waals surface area (Å²) in [5.41, 5.74) is 0. The lowest BCUT2D eigenvalue weighted by Crippen LogP contribution is -2.67. The van der Waals surface area contributed by atoms with Crippen molar-refractivity contribution >= 4 is 5.91 Å². The highest BCUT2D eigenvalue weighted by Gasteiger charge is 2.57. The molecule has 5 heterocycles. The molecule has 410 valence electrons. The Morgan fingerprint density at radius 1 is 0.486 bits per heavy atom.